The zero-order valence-corrected chi connectivity index (χ0v) is 32.9. The van der Waals surface area contributed by atoms with Gasteiger partial charge in [-0.2, -0.15) is 5.26 Å². The lowest BCUT2D eigenvalue weighted by molar-refractivity contribution is 0.720. The van der Waals surface area contributed by atoms with E-state index in [0.29, 0.717) is 5.56 Å². The maximum atomic E-state index is 9.92. The first-order valence-electron chi connectivity index (χ1n) is 20.1. The molecule has 60 heavy (non-hydrogen) atoms. The van der Waals surface area contributed by atoms with Gasteiger partial charge >= 0.3 is 0 Å². The molecule has 5 heterocycles. The summed E-state index contributed by atoms with van der Waals surface area (Å²) < 4.78 is 4.80. The number of aromatic nitrogens is 4. The third-order valence-corrected chi connectivity index (χ3v) is 13.9. The van der Waals surface area contributed by atoms with E-state index >= 15 is 0 Å². The lowest BCUT2D eigenvalue weighted by Gasteiger charge is -2.39. The van der Waals surface area contributed by atoms with Gasteiger partial charge in [0.05, 0.1) is 61.9 Å². The summed E-state index contributed by atoms with van der Waals surface area (Å²) in [4.78, 5) is 12.4. The van der Waals surface area contributed by atoms with Crippen LogP contribution in [0.1, 0.15) is 27.8 Å². The van der Waals surface area contributed by atoms with E-state index in [-0.39, 0.29) is 0 Å². The van der Waals surface area contributed by atoms with Crippen molar-refractivity contribution >= 4 is 55.4 Å². The topological polar surface area (TPSA) is 59.4 Å². The van der Waals surface area contributed by atoms with Gasteiger partial charge in [0, 0.05) is 43.7 Å². The molecule has 11 aromatic rings. The lowest BCUT2D eigenvalue weighted by Crippen LogP contribution is -2.32. The molecule has 7 aromatic carbocycles. The van der Waals surface area contributed by atoms with Crippen molar-refractivity contribution in [2.75, 3.05) is 0 Å². The molecule has 0 N–H and O–H groups in total. The van der Waals surface area contributed by atoms with Gasteiger partial charge in [-0.25, -0.2) is 0 Å². The summed E-state index contributed by atoms with van der Waals surface area (Å²) in [5.74, 6) is 0. The molecule has 1 aliphatic heterocycles. The predicted molar refractivity (Wildman–Crippen MR) is 242 cm³/mol. The molecule has 0 atom stereocenters. The number of benzene rings is 7. The molecule has 2 aliphatic rings. The van der Waals surface area contributed by atoms with Gasteiger partial charge < -0.3 is 9.13 Å². The van der Waals surface area contributed by atoms with E-state index in [9.17, 15) is 5.26 Å². The SMILES string of the molecule is N#Cc1ccc2c(c1)c1ccccc1n2-c1ccc(-c2ccc3c(c2)C2(c4ccccc4S3)c3cccnc3-c3ncccc32)cc1-n1c2ccccc2c2ccccc21. The summed E-state index contributed by atoms with van der Waals surface area (Å²) in [6, 6.07) is 65.7. The summed E-state index contributed by atoms with van der Waals surface area (Å²) >= 11 is 1.84. The van der Waals surface area contributed by atoms with Gasteiger partial charge in [-0.05, 0) is 112 Å². The Balaban J connectivity index is 1.11. The maximum Gasteiger partial charge on any atom is 0.0991 e. The van der Waals surface area contributed by atoms with Gasteiger partial charge in [0.1, 0.15) is 0 Å². The van der Waals surface area contributed by atoms with Gasteiger partial charge in [-0.1, -0.05) is 109 Å². The molecule has 0 saturated heterocycles. The van der Waals surface area contributed by atoms with Crippen molar-refractivity contribution in [2.45, 2.75) is 15.2 Å². The van der Waals surface area contributed by atoms with Crippen LogP contribution < -0.4 is 0 Å². The minimum absolute atomic E-state index is 0.582. The van der Waals surface area contributed by atoms with Crippen LogP contribution in [0.25, 0.3) is 77.5 Å². The number of fused-ring (bicyclic) bond motifs is 15. The van der Waals surface area contributed by atoms with E-state index in [1.807, 2.05) is 36.3 Å². The van der Waals surface area contributed by atoms with Crippen LogP contribution in [-0.2, 0) is 5.41 Å². The molecular formula is C54H31N5S. The fraction of sp³-hybridized carbons (Fsp3) is 0.0185. The normalized spacial score (nSPS) is 13.4. The highest BCUT2D eigenvalue weighted by molar-refractivity contribution is 7.99. The highest BCUT2D eigenvalue weighted by Gasteiger charge is 2.51. The molecule has 0 saturated carbocycles. The van der Waals surface area contributed by atoms with E-state index in [4.69, 9.17) is 9.97 Å². The van der Waals surface area contributed by atoms with Crippen molar-refractivity contribution in [3.8, 4) is 40.0 Å². The summed E-state index contributed by atoms with van der Waals surface area (Å²) in [6.07, 6.45) is 3.77. The van der Waals surface area contributed by atoms with E-state index in [2.05, 4.69) is 179 Å². The van der Waals surface area contributed by atoms with Crippen LogP contribution >= 0.6 is 11.8 Å². The fourth-order valence-electron chi connectivity index (χ4n) is 10.3. The molecule has 0 radical (unpaired) electrons. The molecule has 1 spiro atoms. The summed E-state index contributed by atoms with van der Waals surface area (Å²) in [5.41, 5.74) is 15.6. The van der Waals surface area contributed by atoms with Gasteiger partial charge in [0.2, 0.25) is 0 Å². The van der Waals surface area contributed by atoms with Gasteiger partial charge in [-0.15, -0.1) is 0 Å². The minimum atomic E-state index is -0.582. The number of nitrogens with zero attached hydrogens (tertiary/aromatic N) is 5. The van der Waals surface area contributed by atoms with E-state index in [1.165, 1.54) is 31.7 Å². The average Bonchev–Trinajstić information content (AvgIpc) is 3.93. The average molecular weight is 782 g/mol. The van der Waals surface area contributed by atoms with Crippen LogP contribution in [0.2, 0.25) is 0 Å². The Morgan fingerprint density at radius 2 is 0.967 bits per heavy atom. The standard InChI is InChI=1S/C54H31N5S/c55-32-33-21-24-47-39(29-33)38-13-3-7-19-46(38)58(47)48-25-22-35(31-49(48)59-44-17-5-1-11-36(44)37-12-2-6-18-45(37)59)34-23-26-51-43(30-34)54(40-14-4-8-20-50(40)60-51)41-15-9-27-56-52(41)53-42(54)16-10-28-57-53/h1-31H. The second-order valence-electron chi connectivity index (χ2n) is 15.6. The molecule has 5 nitrogen and oxygen atoms in total. The van der Waals surface area contributed by atoms with Crippen molar-refractivity contribution in [3.05, 3.63) is 216 Å². The second kappa shape index (κ2) is 12.4. The highest BCUT2D eigenvalue weighted by Crippen LogP contribution is 2.61. The molecule has 0 fully saturated rings. The second-order valence-corrected chi connectivity index (χ2v) is 16.7. The Morgan fingerprint density at radius 3 is 1.65 bits per heavy atom. The number of hydrogen-bond donors (Lipinski definition) is 0. The van der Waals surface area contributed by atoms with Crippen LogP contribution in [0, 0.1) is 11.3 Å². The molecule has 278 valence electrons. The monoisotopic (exact) mass is 781 g/mol. The minimum Gasteiger partial charge on any atom is -0.307 e. The number of pyridine rings is 2. The number of nitriles is 1. The van der Waals surface area contributed by atoms with Crippen LogP contribution in [-0.4, -0.2) is 19.1 Å². The van der Waals surface area contributed by atoms with Crippen LogP contribution in [0.4, 0.5) is 0 Å². The predicted octanol–water partition coefficient (Wildman–Crippen LogP) is 13.0. The Morgan fingerprint density at radius 1 is 0.433 bits per heavy atom. The first-order valence-corrected chi connectivity index (χ1v) is 20.9. The molecule has 13 rings (SSSR count). The molecule has 6 heteroatoms. The molecule has 1 aliphatic carbocycles. The first-order chi connectivity index (χ1) is 29.7. The Labute approximate surface area is 349 Å². The third kappa shape index (κ3) is 4.36. The van der Waals surface area contributed by atoms with Crippen molar-refractivity contribution in [3.63, 3.8) is 0 Å². The van der Waals surface area contributed by atoms with Crippen molar-refractivity contribution in [1.82, 2.24) is 19.1 Å². The number of rotatable bonds is 3. The molecule has 4 aromatic heterocycles. The zero-order valence-electron chi connectivity index (χ0n) is 32.0. The molecular weight excluding hydrogens is 751 g/mol. The summed E-state index contributed by atoms with van der Waals surface area (Å²) in [5, 5.41) is 14.5. The Hall–Kier alpha value is -7.72. The van der Waals surface area contributed by atoms with Gasteiger partial charge in [-0.3, -0.25) is 9.97 Å². The van der Waals surface area contributed by atoms with Crippen molar-refractivity contribution in [1.29, 1.82) is 5.26 Å². The first kappa shape index (κ1) is 33.3. The highest BCUT2D eigenvalue weighted by atomic mass is 32.2. The summed E-state index contributed by atoms with van der Waals surface area (Å²) in [6.45, 7) is 0. The quantitative estimate of drug-likeness (QED) is 0.179. The van der Waals surface area contributed by atoms with Gasteiger partial charge in [0.15, 0.2) is 0 Å². The number of para-hydroxylation sites is 3. The van der Waals surface area contributed by atoms with E-state index in [1.54, 1.807) is 0 Å². The maximum absolute atomic E-state index is 9.92. The van der Waals surface area contributed by atoms with Crippen LogP contribution in [0.15, 0.2) is 198 Å². The number of hydrogen-bond acceptors (Lipinski definition) is 4. The Kier molecular flexibility index (Phi) is 6.87. The summed E-state index contributed by atoms with van der Waals surface area (Å²) in [7, 11) is 0. The zero-order chi connectivity index (χ0) is 39.5. The van der Waals surface area contributed by atoms with Gasteiger partial charge in [0.25, 0.3) is 0 Å². The van der Waals surface area contributed by atoms with Crippen molar-refractivity contribution in [2.24, 2.45) is 0 Å². The fourth-order valence-corrected chi connectivity index (χ4v) is 11.5. The lowest BCUT2D eigenvalue weighted by atomic mass is 9.67. The van der Waals surface area contributed by atoms with Crippen molar-refractivity contribution < 1.29 is 0 Å². The third-order valence-electron chi connectivity index (χ3n) is 12.7. The van der Waals surface area contributed by atoms with E-state index < -0.39 is 5.41 Å². The molecule has 0 unspecified atom stereocenters. The Bertz CT molecular complexity index is 3580. The van der Waals surface area contributed by atoms with E-state index in [0.717, 1.165) is 77.9 Å². The largest absolute Gasteiger partial charge is 0.307 e. The molecule has 0 amide bonds. The molecule has 0 bridgehead atoms. The van der Waals surface area contributed by atoms with Crippen LogP contribution in [0.5, 0.6) is 0 Å². The smallest absolute Gasteiger partial charge is 0.0991 e. The van der Waals surface area contributed by atoms with Crippen LogP contribution in [0.3, 0.4) is 0 Å².